The maximum absolute atomic E-state index is 12.5. The number of carbonyl (C=O) groups excluding carboxylic acids is 1. The molecule has 8 heteroatoms. The minimum atomic E-state index is -3.96. The summed E-state index contributed by atoms with van der Waals surface area (Å²) in [4.78, 5) is 12.1. The molecule has 0 spiro atoms. The molecule has 0 atom stereocenters. The fourth-order valence-corrected chi connectivity index (χ4v) is 4.07. The van der Waals surface area contributed by atoms with Crippen LogP contribution in [0.3, 0.4) is 0 Å². The second-order valence-electron chi connectivity index (χ2n) is 5.94. The van der Waals surface area contributed by atoms with Crippen molar-refractivity contribution in [3.8, 4) is 5.75 Å². The van der Waals surface area contributed by atoms with Crippen molar-refractivity contribution in [2.24, 2.45) is 0 Å². The van der Waals surface area contributed by atoms with Gasteiger partial charge in [0, 0.05) is 10.7 Å². The van der Waals surface area contributed by atoms with Crippen LogP contribution in [0.1, 0.15) is 16.7 Å². The average molecular weight is 397 g/mol. The summed E-state index contributed by atoms with van der Waals surface area (Å²) in [7, 11) is -2.60. The number of amides is 1. The van der Waals surface area contributed by atoms with Crippen molar-refractivity contribution in [2.75, 3.05) is 19.0 Å². The Morgan fingerprint density at radius 3 is 2.31 bits per heavy atom. The summed E-state index contributed by atoms with van der Waals surface area (Å²) in [5, 5.41) is 3.00. The number of halogens is 1. The van der Waals surface area contributed by atoms with Crippen LogP contribution in [-0.2, 0) is 14.8 Å². The summed E-state index contributed by atoms with van der Waals surface area (Å²) in [5.41, 5.74) is 3.59. The van der Waals surface area contributed by atoms with Crippen molar-refractivity contribution < 1.29 is 17.9 Å². The molecule has 0 saturated carbocycles. The van der Waals surface area contributed by atoms with E-state index in [2.05, 4.69) is 10.0 Å². The van der Waals surface area contributed by atoms with Gasteiger partial charge in [-0.15, -0.1) is 0 Å². The van der Waals surface area contributed by atoms with Crippen LogP contribution in [0.25, 0.3) is 0 Å². The molecule has 2 N–H and O–H groups in total. The zero-order valence-electron chi connectivity index (χ0n) is 15.0. The van der Waals surface area contributed by atoms with E-state index in [9.17, 15) is 13.2 Å². The van der Waals surface area contributed by atoms with Gasteiger partial charge in [-0.05, 0) is 50.1 Å². The molecule has 0 aliphatic heterocycles. The molecular formula is C18H21ClN2O4S. The van der Waals surface area contributed by atoms with E-state index in [1.807, 2.05) is 32.9 Å². The summed E-state index contributed by atoms with van der Waals surface area (Å²) in [6.07, 6.45) is 0. The SMILES string of the molecule is COc1ccc(Cl)cc1S(=O)(=O)NCC(=O)Nc1c(C)cc(C)cc1C. The first-order chi connectivity index (χ1) is 12.1. The first-order valence-electron chi connectivity index (χ1n) is 7.85. The Kier molecular flexibility index (Phi) is 6.28. The Morgan fingerprint density at radius 1 is 1.12 bits per heavy atom. The molecule has 140 valence electrons. The molecular weight excluding hydrogens is 376 g/mol. The minimum absolute atomic E-state index is 0.122. The number of rotatable bonds is 6. The molecule has 2 aromatic carbocycles. The molecule has 0 aliphatic rings. The number of sulfonamides is 1. The second-order valence-corrected chi connectivity index (χ2v) is 8.11. The van der Waals surface area contributed by atoms with Crippen molar-refractivity contribution >= 4 is 33.2 Å². The number of aryl methyl sites for hydroxylation is 3. The van der Waals surface area contributed by atoms with Crippen LogP contribution in [0.5, 0.6) is 5.75 Å². The number of benzene rings is 2. The molecule has 1 amide bonds. The smallest absolute Gasteiger partial charge is 0.244 e. The number of anilines is 1. The lowest BCUT2D eigenvalue weighted by molar-refractivity contribution is -0.115. The lowest BCUT2D eigenvalue weighted by atomic mass is 10.1. The van der Waals surface area contributed by atoms with E-state index in [-0.39, 0.29) is 15.7 Å². The number of ether oxygens (including phenoxy) is 1. The van der Waals surface area contributed by atoms with E-state index in [1.165, 1.54) is 25.3 Å². The van der Waals surface area contributed by atoms with Gasteiger partial charge in [0.2, 0.25) is 15.9 Å². The van der Waals surface area contributed by atoms with Crippen molar-refractivity contribution in [3.05, 3.63) is 52.0 Å². The highest BCUT2D eigenvalue weighted by atomic mass is 35.5. The molecule has 0 aromatic heterocycles. The molecule has 2 rings (SSSR count). The van der Waals surface area contributed by atoms with Gasteiger partial charge in [0.1, 0.15) is 10.6 Å². The molecule has 0 bridgehead atoms. The van der Waals surface area contributed by atoms with Crippen LogP contribution in [0.15, 0.2) is 35.2 Å². The zero-order valence-corrected chi connectivity index (χ0v) is 16.6. The molecule has 0 aliphatic carbocycles. The Hall–Kier alpha value is -2.09. The van der Waals surface area contributed by atoms with Crippen LogP contribution in [0.2, 0.25) is 5.02 Å². The fourth-order valence-electron chi connectivity index (χ4n) is 2.66. The van der Waals surface area contributed by atoms with Crippen molar-refractivity contribution in [1.82, 2.24) is 4.72 Å². The topological polar surface area (TPSA) is 84.5 Å². The van der Waals surface area contributed by atoms with Gasteiger partial charge in [-0.25, -0.2) is 13.1 Å². The van der Waals surface area contributed by atoms with Gasteiger partial charge in [-0.2, -0.15) is 0 Å². The maximum Gasteiger partial charge on any atom is 0.244 e. The predicted octanol–water partition coefficient (Wildman–Crippen LogP) is 3.19. The van der Waals surface area contributed by atoms with Gasteiger partial charge in [-0.1, -0.05) is 29.3 Å². The van der Waals surface area contributed by atoms with Gasteiger partial charge in [0.15, 0.2) is 0 Å². The quantitative estimate of drug-likeness (QED) is 0.785. The van der Waals surface area contributed by atoms with Crippen LogP contribution < -0.4 is 14.8 Å². The number of methoxy groups -OCH3 is 1. The van der Waals surface area contributed by atoms with Gasteiger partial charge in [0.05, 0.1) is 13.7 Å². The van der Waals surface area contributed by atoms with Gasteiger partial charge >= 0.3 is 0 Å². The van der Waals surface area contributed by atoms with E-state index in [1.54, 1.807) is 0 Å². The molecule has 0 fully saturated rings. The fraction of sp³-hybridized carbons (Fsp3) is 0.278. The van der Waals surface area contributed by atoms with Crippen molar-refractivity contribution in [2.45, 2.75) is 25.7 Å². The Morgan fingerprint density at radius 2 is 1.73 bits per heavy atom. The molecule has 6 nitrogen and oxygen atoms in total. The highest BCUT2D eigenvalue weighted by Gasteiger charge is 2.21. The summed E-state index contributed by atoms with van der Waals surface area (Å²) in [5.74, 6) is -0.322. The van der Waals surface area contributed by atoms with E-state index in [0.29, 0.717) is 5.69 Å². The zero-order chi connectivity index (χ0) is 19.5. The van der Waals surface area contributed by atoms with Gasteiger partial charge in [-0.3, -0.25) is 4.79 Å². The first-order valence-corrected chi connectivity index (χ1v) is 9.71. The largest absolute Gasteiger partial charge is 0.495 e. The first kappa shape index (κ1) is 20.2. The minimum Gasteiger partial charge on any atom is -0.495 e. The summed E-state index contributed by atoms with van der Waals surface area (Å²) < 4.78 is 32.3. The molecule has 0 heterocycles. The molecule has 0 unspecified atom stereocenters. The van der Waals surface area contributed by atoms with Crippen LogP contribution in [0, 0.1) is 20.8 Å². The highest BCUT2D eigenvalue weighted by molar-refractivity contribution is 7.89. The Bertz CT molecular complexity index is 919. The molecule has 0 radical (unpaired) electrons. The molecule has 0 saturated heterocycles. The summed E-state index contributed by atoms with van der Waals surface area (Å²) in [6, 6.07) is 8.15. The third-order valence-electron chi connectivity index (χ3n) is 3.78. The predicted molar refractivity (Wildman–Crippen MR) is 102 cm³/mol. The van der Waals surface area contributed by atoms with E-state index >= 15 is 0 Å². The van der Waals surface area contributed by atoms with Crippen LogP contribution in [-0.4, -0.2) is 28.0 Å². The summed E-state index contributed by atoms with van der Waals surface area (Å²) >= 11 is 5.87. The monoisotopic (exact) mass is 396 g/mol. The third-order valence-corrected chi connectivity index (χ3v) is 5.44. The number of hydrogen-bond acceptors (Lipinski definition) is 4. The Labute approximate surface area is 158 Å². The van der Waals surface area contributed by atoms with E-state index < -0.39 is 22.5 Å². The van der Waals surface area contributed by atoms with Crippen LogP contribution in [0.4, 0.5) is 5.69 Å². The number of nitrogens with one attached hydrogen (secondary N) is 2. The Balaban J connectivity index is 2.13. The average Bonchev–Trinajstić information content (AvgIpc) is 2.56. The maximum atomic E-state index is 12.5. The lowest BCUT2D eigenvalue weighted by Crippen LogP contribution is -2.33. The number of carbonyl (C=O) groups is 1. The van der Waals surface area contributed by atoms with Crippen LogP contribution >= 0.6 is 11.6 Å². The van der Waals surface area contributed by atoms with Gasteiger partial charge < -0.3 is 10.1 Å². The lowest BCUT2D eigenvalue weighted by Gasteiger charge is -2.14. The van der Waals surface area contributed by atoms with Gasteiger partial charge in [0.25, 0.3) is 0 Å². The molecule has 26 heavy (non-hydrogen) atoms. The highest BCUT2D eigenvalue weighted by Crippen LogP contribution is 2.27. The van der Waals surface area contributed by atoms with E-state index in [4.69, 9.17) is 16.3 Å². The third kappa shape index (κ3) is 4.75. The van der Waals surface area contributed by atoms with E-state index in [0.717, 1.165) is 16.7 Å². The van der Waals surface area contributed by atoms with Crippen molar-refractivity contribution in [3.63, 3.8) is 0 Å². The van der Waals surface area contributed by atoms with Crippen molar-refractivity contribution in [1.29, 1.82) is 0 Å². The molecule has 2 aromatic rings. The number of hydrogen-bond donors (Lipinski definition) is 2. The second kappa shape index (κ2) is 8.07. The normalized spacial score (nSPS) is 11.3. The summed E-state index contributed by atoms with van der Waals surface area (Å²) in [6.45, 7) is 5.33. The standard InChI is InChI=1S/C18H21ClN2O4S/c1-11-7-12(2)18(13(3)8-11)21-17(22)10-20-26(23,24)16-9-14(19)5-6-15(16)25-4/h5-9,20H,10H2,1-4H3,(H,21,22).